The van der Waals surface area contributed by atoms with E-state index in [1.54, 1.807) is 24.3 Å². The van der Waals surface area contributed by atoms with Crippen LogP contribution in [0.2, 0.25) is 0 Å². The number of carbonyl (C=O) groups excluding carboxylic acids is 2. The number of hydrogen-bond acceptors (Lipinski definition) is 3. The lowest BCUT2D eigenvalue weighted by Crippen LogP contribution is -2.31. The zero-order valence-corrected chi connectivity index (χ0v) is 11.9. The molecule has 0 aromatic heterocycles. The SMILES string of the molecule is O=C1c2ccccc2C(=O)N1SC1CCCCC1Cl. The first kappa shape index (κ1) is 13.0. The van der Waals surface area contributed by atoms with Crippen molar-refractivity contribution in [3.05, 3.63) is 35.4 Å². The van der Waals surface area contributed by atoms with Crippen molar-refractivity contribution in [2.24, 2.45) is 0 Å². The number of carbonyl (C=O) groups is 2. The number of fused-ring (bicyclic) bond motifs is 1. The number of imide groups is 1. The number of alkyl halides is 1. The average molecular weight is 296 g/mol. The van der Waals surface area contributed by atoms with Crippen LogP contribution in [0.1, 0.15) is 46.4 Å². The van der Waals surface area contributed by atoms with Crippen molar-refractivity contribution in [1.82, 2.24) is 4.31 Å². The van der Waals surface area contributed by atoms with Crippen molar-refractivity contribution in [3.8, 4) is 0 Å². The van der Waals surface area contributed by atoms with E-state index in [1.165, 1.54) is 16.3 Å². The van der Waals surface area contributed by atoms with Gasteiger partial charge in [-0.3, -0.25) is 9.59 Å². The summed E-state index contributed by atoms with van der Waals surface area (Å²) in [6, 6.07) is 6.97. The lowest BCUT2D eigenvalue weighted by molar-refractivity contribution is 0.0776. The molecule has 1 aliphatic heterocycles. The van der Waals surface area contributed by atoms with Gasteiger partial charge >= 0.3 is 0 Å². The van der Waals surface area contributed by atoms with Gasteiger partial charge in [0.1, 0.15) is 0 Å². The number of amides is 2. The fraction of sp³-hybridized carbons (Fsp3) is 0.429. The zero-order valence-electron chi connectivity index (χ0n) is 10.3. The molecule has 1 aliphatic carbocycles. The lowest BCUT2D eigenvalue weighted by atomic mass is 10.00. The second kappa shape index (κ2) is 5.17. The standard InChI is InChI=1S/C14H14ClNO2S/c15-11-7-3-4-8-12(11)19-16-13(17)9-5-1-2-6-10(9)14(16)18/h1-2,5-6,11-12H,3-4,7-8H2. The summed E-state index contributed by atoms with van der Waals surface area (Å²) in [5, 5.41) is 0.195. The second-order valence-corrected chi connectivity index (χ2v) is 6.64. The third kappa shape index (κ3) is 2.28. The predicted molar refractivity (Wildman–Crippen MR) is 76.4 cm³/mol. The van der Waals surface area contributed by atoms with Crippen LogP contribution in [0.4, 0.5) is 0 Å². The van der Waals surface area contributed by atoms with E-state index in [0.29, 0.717) is 11.1 Å². The molecule has 1 aromatic carbocycles. The summed E-state index contributed by atoms with van der Waals surface area (Å²) in [7, 11) is 0. The molecule has 1 fully saturated rings. The third-order valence-electron chi connectivity index (χ3n) is 3.62. The Bertz CT molecular complexity index is 499. The minimum atomic E-state index is -0.208. The Balaban J connectivity index is 1.80. The first-order valence-corrected chi connectivity index (χ1v) is 7.74. The summed E-state index contributed by atoms with van der Waals surface area (Å²) in [6.45, 7) is 0. The molecule has 19 heavy (non-hydrogen) atoms. The van der Waals surface area contributed by atoms with Crippen LogP contribution in [0.15, 0.2) is 24.3 Å². The molecule has 1 saturated carbocycles. The normalized spacial score (nSPS) is 26.7. The fourth-order valence-corrected chi connectivity index (χ4v) is 4.19. The van der Waals surface area contributed by atoms with Gasteiger partial charge in [-0.15, -0.1) is 11.6 Å². The maximum absolute atomic E-state index is 12.2. The van der Waals surface area contributed by atoms with Crippen molar-refractivity contribution in [1.29, 1.82) is 0 Å². The highest BCUT2D eigenvalue weighted by molar-refractivity contribution is 7.98. The Morgan fingerprint density at radius 1 is 1.05 bits per heavy atom. The van der Waals surface area contributed by atoms with Gasteiger partial charge < -0.3 is 0 Å². The number of benzene rings is 1. The quantitative estimate of drug-likeness (QED) is 0.476. The molecule has 0 bridgehead atoms. The molecule has 100 valence electrons. The summed E-state index contributed by atoms with van der Waals surface area (Å²) in [5.74, 6) is -0.417. The molecule has 1 heterocycles. The monoisotopic (exact) mass is 295 g/mol. The van der Waals surface area contributed by atoms with Crippen LogP contribution in [0.5, 0.6) is 0 Å². The van der Waals surface area contributed by atoms with Crippen LogP contribution in [0.25, 0.3) is 0 Å². The Morgan fingerprint density at radius 3 is 2.21 bits per heavy atom. The first-order valence-electron chi connectivity index (χ1n) is 6.47. The van der Waals surface area contributed by atoms with Gasteiger partial charge in [-0.05, 0) is 36.9 Å². The van der Waals surface area contributed by atoms with Gasteiger partial charge in [0.25, 0.3) is 11.8 Å². The third-order valence-corrected chi connectivity index (χ3v) is 5.67. The van der Waals surface area contributed by atoms with Crippen molar-refractivity contribution in [2.45, 2.75) is 36.3 Å². The van der Waals surface area contributed by atoms with E-state index in [1.807, 2.05) is 0 Å². The number of rotatable bonds is 2. The van der Waals surface area contributed by atoms with E-state index in [0.717, 1.165) is 25.7 Å². The Morgan fingerprint density at radius 2 is 1.63 bits per heavy atom. The highest BCUT2D eigenvalue weighted by Crippen LogP contribution is 2.37. The van der Waals surface area contributed by atoms with Crippen molar-refractivity contribution in [3.63, 3.8) is 0 Å². The van der Waals surface area contributed by atoms with Crippen molar-refractivity contribution in [2.75, 3.05) is 0 Å². The first-order chi connectivity index (χ1) is 9.18. The summed E-state index contributed by atoms with van der Waals surface area (Å²) in [5.41, 5.74) is 1.00. The van der Waals surface area contributed by atoms with E-state index in [2.05, 4.69) is 0 Å². The number of nitrogens with zero attached hydrogens (tertiary/aromatic N) is 1. The Hall–Kier alpha value is -1.00. The van der Waals surface area contributed by atoms with Gasteiger partial charge in [0.05, 0.1) is 11.1 Å². The van der Waals surface area contributed by atoms with Crippen LogP contribution in [0.3, 0.4) is 0 Å². The zero-order chi connectivity index (χ0) is 13.4. The average Bonchev–Trinajstić information content (AvgIpc) is 2.67. The van der Waals surface area contributed by atoms with Crippen molar-refractivity contribution < 1.29 is 9.59 Å². The molecule has 0 radical (unpaired) electrons. The minimum Gasteiger partial charge on any atom is -0.268 e. The van der Waals surface area contributed by atoms with E-state index in [4.69, 9.17) is 11.6 Å². The van der Waals surface area contributed by atoms with Crippen LogP contribution < -0.4 is 0 Å². The van der Waals surface area contributed by atoms with Gasteiger partial charge in [0, 0.05) is 10.6 Å². The summed E-state index contributed by atoms with van der Waals surface area (Å²) >= 11 is 7.61. The molecule has 3 nitrogen and oxygen atoms in total. The summed E-state index contributed by atoms with van der Waals surface area (Å²) < 4.78 is 1.29. The molecule has 2 aliphatic rings. The highest BCUT2D eigenvalue weighted by Gasteiger charge is 2.39. The molecule has 0 saturated heterocycles. The molecule has 1 aromatic rings. The van der Waals surface area contributed by atoms with Gasteiger partial charge in [-0.1, -0.05) is 25.0 Å². The molecule has 2 unspecified atom stereocenters. The fourth-order valence-electron chi connectivity index (χ4n) is 2.57. The summed E-state index contributed by atoms with van der Waals surface area (Å²) in [4.78, 5) is 24.5. The highest BCUT2D eigenvalue weighted by atomic mass is 35.5. The molecule has 2 amide bonds. The van der Waals surface area contributed by atoms with E-state index >= 15 is 0 Å². The maximum atomic E-state index is 12.2. The van der Waals surface area contributed by atoms with Gasteiger partial charge in [0.2, 0.25) is 0 Å². The Labute approximate surface area is 121 Å². The van der Waals surface area contributed by atoms with Gasteiger partial charge in [0.15, 0.2) is 0 Å². The van der Waals surface area contributed by atoms with Crippen molar-refractivity contribution >= 4 is 35.4 Å². The van der Waals surface area contributed by atoms with E-state index < -0.39 is 0 Å². The maximum Gasteiger partial charge on any atom is 0.271 e. The van der Waals surface area contributed by atoms with E-state index in [-0.39, 0.29) is 22.4 Å². The van der Waals surface area contributed by atoms with Crippen LogP contribution in [0, 0.1) is 0 Å². The largest absolute Gasteiger partial charge is 0.271 e. The molecular formula is C14H14ClNO2S. The predicted octanol–water partition coefficient (Wildman–Crippen LogP) is 3.48. The molecule has 2 atom stereocenters. The molecular weight excluding hydrogens is 282 g/mol. The molecule has 0 N–H and O–H groups in total. The molecule has 5 heteroatoms. The lowest BCUT2D eigenvalue weighted by Gasteiger charge is -2.28. The molecule has 0 spiro atoms. The smallest absolute Gasteiger partial charge is 0.268 e. The topological polar surface area (TPSA) is 37.4 Å². The van der Waals surface area contributed by atoms with Crippen LogP contribution in [-0.4, -0.2) is 26.7 Å². The Kier molecular flexibility index (Phi) is 3.54. The van der Waals surface area contributed by atoms with Gasteiger partial charge in [-0.2, -0.15) is 0 Å². The minimum absolute atomic E-state index is 0.0445. The number of halogens is 1. The second-order valence-electron chi connectivity index (χ2n) is 4.89. The molecule has 3 rings (SSSR count). The van der Waals surface area contributed by atoms with E-state index in [9.17, 15) is 9.59 Å². The van der Waals surface area contributed by atoms with Gasteiger partial charge in [-0.25, -0.2) is 4.31 Å². The van der Waals surface area contributed by atoms with Crippen LogP contribution >= 0.6 is 23.5 Å². The van der Waals surface area contributed by atoms with Crippen LogP contribution in [-0.2, 0) is 0 Å². The summed E-state index contributed by atoms with van der Waals surface area (Å²) in [6.07, 6.45) is 4.17. The number of hydrogen-bond donors (Lipinski definition) is 0.